The van der Waals surface area contributed by atoms with Crippen LogP contribution >= 0.6 is 0 Å². The molecule has 0 aliphatic rings. The van der Waals surface area contributed by atoms with Gasteiger partial charge >= 0.3 is 12.0 Å². The van der Waals surface area contributed by atoms with Gasteiger partial charge in [0.1, 0.15) is 5.69 Å². The summed E-state index contributed by atoms with van der Waals surface area (Å²) in [7, 11) is 1.51. The SMILES string of the molecule is Cc1ccc(NC(=O)Nc2cccc(-c3cc(C(=O)N(C)C(C)CC(=O)O)on3)c2)cc1. The molecule has 32 heavy (non-hydrogen) atoms. The zero-order valence-electron chi connectivity index (χ0n) is 18.0. The summed E-state index contributed by atoms with van der Waals surface area (Å²) < 4.78 is 5.18. The number of carbonyl (C=O) groups is 3. The zero-order valence-corrected chi connectivity index (χ0v) is 18.0. The fraction of sp³-hybridized carbons (Fsp3) is 0.217. The second-order valence-corrected chi connectivity index (χ2v) is 7.47. The van der Waals surface area contributed by atoms with Crippen molar-refractivity contribution < 1.29 is 24.0 Å². The van der Waals surface area contributed by atoms with E-state index in [1.165, 1.54) is 18.0 Å². The van der Waals surface area contributed by atoms with Gasteiger partial charge in [-0.2, -0.15) is 0 Å². The third-order valence-electron chi connectivity index (χ3n) is 4.90. The zero-order chi connectivity index (χ0) is 23.3. The molecule has 3 rings (SSSR count). The third-order valence-corrected chi connectivity index (χ3v) is 4.90. The van der Waals surface area contributed by atoms with Crippen LogP contribution < -0.4 is 10.6 Å². The van der Waals surface area contributed by atoms with E-state index < -0.39 is 23.9 Å². The van der Waals surface area contributed by atoms with Gasteiger partial charge in [0.25, 0.3) is 5.91 Å². The number of aryl methyl sites for hydroxylation is 1. The molecular weight excluding hydrogens is 412 g/mol. The average Bonchev–Trinajstić information content (AvgIpc) is 3.24. The van der Waals surface area contributed by atoms with Gasteiger partial charge in [0, 0.05) is 36.1 Å². The van der Waals surface area contributed by atoms with Gasteiger partial charge in [0.2, 0.25) is 5.76 Å². The molecule has 0 saturated heterocycles. The maximum absolute atomic E-state index is 12.6. The number of carboxylic acids is 1. The van der Waals surface area contributed by atoms with E-state index in [0.717, 1.165) is 5.56 Å². The van der Waals surface area contributed by atoms with Crippen molar-refractivity contribution in [1.82, 2.24) is 10.1 Å². The van der Waals surface area contributed by atoms with Crippen molar-refractivity contribution in [2.24, 2.45) is 0 Å². The van der Waals surface area contributed by atoms with Crippen LogP contribution in [0.15, 0.2) is 59.1 Å². The van der Waals surface area contributed by atoms with Crippen molar-refractivity contribution in [2.75, 3.05) is 17.7 Å². The van der Waals surface area contributed by atoms with Crippen LogP contribution in [0.25, 0.3) is 11.3 Å². The van der Waals surface area contributed by atoms with Crippen molar-refractivity contribution in [2.45, 2.75) is 26.3 Å². The number of amides is 3. The third kappa shape index (κ3) is 5.72. The van der Waals surface area contributed by atoms with Gasteiger partial charge in [-0.05, 0) is 38.1 Å². The van der Waals surface area contributed by atoms with Crippen molar-refractivity contribution in [1.29, 1.82) is 0 Å². The molecule has 0 saturated carbocycles. The summed E-state index contributed by atoms with van der Waals surface area (Å²) in [6.45, 7) is 3.60. The minimum atomic E-state index is -0.994. The number of aliphatic carboxylic acids is 1. The monoisotopic (exact) mass is 436 g/mol. The standard InChI is InChI=1S/C23H24N4O5/c1-14-7-9-17(10-8-14)24-23(31)25-18-6-4-5-16(12-18)19-13-20(32-26-19)22(30)27(3)15(2)11-21(28)29/h4-10,12-13,15H,11H2,1-3H3,(H,28,29)(H2,24,25,31). The van der Waals surface area contributed by atoms with Gasteiger partial charge in [-0.1, -0.05) is 35.0 Å². The molecule has 9 heteroatoms. The largest absolute Gasteiger partial charge is 0.481 e. The summed E-state index contributed by atoms with van der Waals surface area (Å²) in [5.41, 5.74) is 3.36. The molecule has 1 heterocycles. The molecule has 1 aromatic heterocycles. The minimum absolute atomic E-state index is 0.00443. The van der Waals surface area contributed by atoms with E-state index in [1.807, 2.05) is 31.2 Å². The fourth-order valence-electron chi connectivity index (χ4n) is 2.96. The van der Waals surface area contributed by atoms with Crippen LogP contribution in [0.5, 0.6) is 0 Å². The lowest BCUT2D eigenvalue weighted by Gasteiger charge is -2.22. The molecule has 0 bridgehead atoms. The van der Waals surface area contributed by atoms with Gasteiger partial charge in [-0.3, -0.25) is 9.59 Å². The van der Waals surface area contributed by atoms with Crippen molar-refractivity contribution >= 4 is 29.3 Å². The molecular formula is C23H24N4O5. The lowest BCUT2D eigenvalue weighted by molar-refractivity contribution is -0.137. The highest BCUT2D eigenvalue weighted by molar-refractivity contribution is 6.00. The first-order chi connectivity index (χ1) is 15.2. The Morgan fingerprint density at radius 2 is 1.75 bits per heavy atom. The first kappa shape index (κ1) is 22.5. The van der Waals surface area contributed by atoms with Crippen LogP contribution in [-0.2, 0) is 4.79 Å². The lowest BCUT2D eigenvalue weighted by Crippen LogP contribution is -2.36. The number of carboxylic acid groups (broad SMARTS) is 1. The number of hydrogen-bond acceptors (Lipinski definition) is 5. The first-order valence-electron chi connectivity index (χ1n) is 9.93. The van der Waals surface area contributed by atoms with E-state index in [-0.39, 0.29) is 12.2 Å². The number of anilines is 2. The number of nitrogens with zero attached hydrogens (tertiary/aromatic N) is 2. The van der Waals surface area contributed by atoms with Crippen LogP contribution in [0.3, 0.4) is 0 Å². The Morgan fingerprint density at radius 3 is 2.44 bits per heavy atom. The van der Waals surface area contributed by atoms with Crippen molar-refractivity contribution in [3.63, 3.8) is 0 Å². The second kappa shape index (κ2) is 9.78. The molecule has 166 valence electrons. The predicted molar refractivity (Wildman–Crippen MR) is 120 cm³/mol. The number of carbonyl (C=O) groups excluding carboxylic acids is 2. The average molecular weight is 436 g/mol. The van der Waals surface area contributed by atoms with Gasteiger partial charge in [-0.25, -0.2) is 4.79 Å². The number of nitrogens with one attached hydrogen (secondary N) is 2. The Bertz CT molecular complexity index is 1120. The Morgan fingerprint density at radius 1 is 1.06 bits per heavy atom. The van der Waals surface area contributed by atoms with E-state index in [0.29, 0.717) is 22.6 Å². The molecule has 0 aliphatic carbocycles. The normalized spacial score (nSPS) is 11.5. The van der Waals surface area contributed by atoms with E-state index in [9.17, 15) is 14.4 Å². The molecule has 3 aromatic rings. The summed E-state index contributed by atoms with van der Waals surface area (Å²) in [6.07, 6.45) is -0.179. The Kier molecular flexibility index (Phi) is 6.89. The number of aromatic nitrogens is 1. The summed E-state index contributed by atoms with van der Waals surface area (Å²) in [5, 5.41) is 18.4. The summed E-state index contributed by atoms with van der Waals surface area (Å²) in [4.78, 5) is 37.0. The summed E-state index contributed by atoms with van der Waals surface area (Å²) in [6, 6.07) is 15.0. The highest BCUT2D eigenvalue weighted by Gasteiger charge is 2.23. The Hall–Kier alpha value is -4.14. The fourth-order valence-corrected chi connectivity index (χ4v) is 2.96. The summed E-state index contributed by atoms with van der Waals surface area (Å²) in [5.74, 6) is -1.47. The first-order valence-corrected chi connectivity index (χ1v) is 9.93. The molecule has 1 unspecified atom stereocenters. The van der Waals surface area contributed by atoms with Gasteiger partial charge in [0.05, 0.1) is 6.42 Å². The number of rotatable bonds is 7. The van der Waals surface area contributed by atoms with Crippen LogP contribution in [0.1, 0.15) is 29.5 Å². The van der Waals surface area contributed by atoms with Gasteiger partial charge in [-0.15, -0.1) is 0 Å². The predicted octanol–water partition coefficient (Wildman–Crippen LogP) is 4.23. The van der Waals surface area contributed by atoms with E-state index >= 15 is 0 Å². The van der Waals surface area contributed by atoms with E-state index in [4.69, 9.17) is 9.63 Å². The highest BCUT2D eigenvalue weighted by Crippen LogP contribution is 2.23. The number of urea groups is 1. The molecule has 3 amide bonds. The minimum Gasteiger partial charge on any atom is -0.481 e. The van der Waals surface area contributed by atoms with Crippen LogP contribution in [-0.4, -0.2) is 46.2 Å². The lowest BCUT2D eigenvalue weighted by atomic mass is 10.1. The topological polar surface area (TPSA) is 125 Å². The van der Waals surface area contributed by atoms with Gasteiger partial charge < -0.3 is 25.2 Å². The maximum atomic E-state index is 12.6. The molecule has 0 aliphatic heterocycles. The summed E-state index contributed by atoms with van der Waals surface area (Å²) >= 11 is 0. The molecule has 0 radical (unpaired) electrons. The van der Waals surface area contributed by atoms with E-state index in [1.54, 1.807) is 31.2 Å². The van der Waals surface area contributed by atoms with Gasteiger partial charge in [0.15, 0.2) is 0 Å². The Balaban J connectivity index is 1.68. The smallest absolute Gasteiger partial charge is 0.323 e. The van der Waals surface area contributed by atoms with Crippen LogP contribution in [0, 0.1) is 6.92 Å². The molecule has 0 spiro atoms. The molecule has 9 nitrogen and oxygen atoms in total. The highest BCUT2D eigenvalue weighted by atomic mass is 16.5. The molecule has 3 N–H and O–H groups in total. The molecule has 1 atom stereocenters. The second-order valence-electron chi connectivity index (χ2n) is 7.47. The number of hydrogen-bond donors (Lipinski definition) is 3. The molecule has 0 fully saturated rings. The quantitative estimate of drug-likeness (QED) is 0.509. The maximum Gasteiger partial charge on any atom is 0.323 e. The van der Waals surface area contributed by atoms with Crippen LogP contribution in [0.4, 0.5) is 16.2 Å². The van der Waals surface area contributed by atoms with Crippen molar-refractivity contribution in [3.05, 3.63) is 65.9 Å². The van der Waals surface area contributed by atoms with E-state index in [2.05, 4.69) is 15.8 Å². The Labute approximate surface area is 185 Å². The molecule has 2 aromatic carbocycles. The van der Waals surface area contributed by atoms with Crippen LogP contribution in [0.2, 0.25) is 0 Å². The number of benzene rings is 2. The van der Waals surface area contributed by atoms with Crippen molar-refractivity contribution in [3.8, 4) is 11.3 Å².